The first-order chi connectivity index (χ1) is 12.6. The minimum absolute atomic E-state index is 0.0530. The van der Waals surface area contributed by atoms with Crippen LogP contribution in [0.3, 0.4) is 0 Å². The number of aromatic nitrogens is 3. The molecule has 1 N–H and O–H groups in total. The van der Waals surface area contributed by atoms with Gasteiger partial charge in [-0.1, -0.05) is 42.0 Å². The van der Waals surface area contributed by atoms with Gasteiger partial charge in [0.05, 0.1) is 16.3 Å². The van der Waals surface area contributed by atoms with Crippen molar-refractivity contribution in [2.24, 2.45) is 0 Å². The third-order valence-corrected chi connectivity index (χ3v) is 4.81. The minimum atomic E-state index is -0.0530. The van der Waals surface area contributed by atoms with Gasteiger partial charge in [-0.15, -0.1) is 0 Å². The van der Waals surface area contributed by atoms with Crippen LogP contribution < -0.4 is 5.32 Å². The fourth-order valence-electron chi connectivity index (χ4n) is 2.43. The van der Waals surface area contributed by atoms with Crippen molar-refractivity contribution in [3.63, 3.8) is 0 Å². The van der Waals surface area contributed by atoms with Crippen LogP contribution in [-0.2, 0) is 11.2 Å². The number of benzene rings is 1. The Hall–Kier alpha value is -2.67. The second kappa shape index (κ2) is 8.14. The number of rotatable bonds is 6. The number of hydrogen-bond acceptors (Lipinski definition) is 6. The van der Waals surface area contributed by atoms with Crippen LogP contribution in [0.5, 0.6) is 0 Å². The molecule has 0 saturated carbocycles. The van der Waals surface area contributed by atoms with Crippen LogP contribution in [0.1, 0.15) is 23.9 Å². The van der Waals surface area contributed by atoms with Gasteiger partial charge in [0.15, 0.2) is 5.82 Å². The third kappa shape index (κ3) is 4.29. The Bertz CT molecular complexity index is 886. The number of nitrogens with zero attached hydrogens (tertiary/aromatic N) is 3. The molecule has 3 rings (SSSR count). The number of aryl methyl sites for hydroxylation is 3. The lowest BCUT2D eigenvalue weighted by molar-refractivity contribution is -0.113. The van der Waals surface area contributed by atoms with E-state index in [0.29, 0.717) is 17.5 Å². The van der Waals surface area contributed by atoms with Crippen molar-refractivity contribution in [3.05, 3.63) is 53.5 Å². The van der Waals surface area contributed by atoms with Gasteiger partial charge in [0.1, 0.15) is 0 Å². The number of pyridine rings is 1. The van der Waals surface area contributed by atoms with E-state index in [1.54, 1.807) is 6.20 Å². The summed E-state index contributed by atoms with van der Waals surface area (Å²) in [5.41, 5.74) is 3.75. The molecular formula is C19H20N4O2S. The van der Waals surface area contributed by atoms with Crippen LogP contribution in [0.25, 0.3) is 11.5 Å². The molecule has 26 heavy (non-hydrogen) atoms. The lowest BCUT2D eigenvalue weighted by atomic mass is 10.1. The normalized spacial score (nSPS) is 10.7. The van der Waals surface area contributed by atoms with Gasteiger partial charge in [0.25, 0.3) is 5.89 Å². The highest BCUT2D eigenvalue weighted by atomic mass is 32.2. The van der Waals surface area contributed by atoms with E-state index in [4.69, 9.17) is 4.52 Å². The van der Waals surface area contributed by atoms with Gasteiger partial charge in [-0.3, -0.25) is 4.79 Å². The van der Waals surface area contributed by atoms with E-state index < -0.39 is 0 Å². The summed E-state index contributed by atoms with van der Waals surface area (Å²) in [6.07, 6.45) is 2.40. The average Bonchev–Trinajstić information content (AvgIpc) is 3.13. The van der Waals surface area contributed by atoms with Crippen LogP contribution in [0.4, 0.5) is 5.69 Å². The van der Waals surface area contributed by atoms with Gasteiger partial charge in [0, 0.05) is 18.3 Å². The van der Waals surface area contributed by atoms with Gasteiger partial charge in [-0.25, -0.2) is 4.98 Å². The molecule has 6 nitrogen and oxygen atoms in total. The highest BCUT2D eigenvalue weighted by Crippen LogP contribution is 2.23. The molecule has 1 amide bonds. The Morgan fingerprint density at radius 2 is 1.96 bits per heavy atom. The van der Waals surface area contributed by atoms with Gasteiger partial charge >= 0.3 is 0 Å². The second-order valence-corrected chi connectivity index (χ2v) is 6.85. The maximum Gasteiger partial charge on any atom is 0.259 e. The summed E-state index contributed by atoms with van der Waals surface area (Å²) in [5.74, 6) is 1.36. The summed E-state index contributed by atoms with van der Waals surface area (Å²) < 4.78 is 5.20. The topological polar surface area (TPSA) is 80.9 Å². The molecular weight excluding hydrogens is 348 g/mol. The predicted octanol–water partition coefficient (Wildman–Crippen LogP) is 4.04. The maximum atomic E-state index is 12.2. The van der Waals surface area contributed by atoms with Crippen LogP contribution in [-0.4, -0.2) is 26.8 Å². The van der Waals surface area contributed by atoms with E-state index in [2.05, 4.69) is 20.4 Å². The maximum absolute atomic E-state index is 12.2. The molecule has 2 aromatic heterocycles. The van der Waals surface area contributed by atoms with Crippen LogP contribution in [0.15, 0.2) is 46.1 Å². The number of anilines is 1. The molecule has 0 atom stereocenters. The number of carbonyl (C=O) groups is 1. The van der Waals surface area contributed by atoms with Crippen molar-refractivity contribution in [1.29, 1.82) is 0 Å². The Balaban J connectivity index is 1.58. The van der Waals surface area contributed by atoms with E-state index in [1.807, 2.05) is 51.1 Å². The van der Waals surface area contributed by atoms with Crippen molar-refractivity contribution in [1.82, 2.24) is 15.1 Å². The van der Waals surface area contributed by atoms with Crippen LogP contribution in [0, 0.1) is 13.8 Å². The molecule has 134 valence electrons. The van der Waals surface area contributed by atoms with E-state index in [9.17, 15) is 4.79 Å². The molecule has 0 fully saturated rings. The number of nitrogens with one attached hydrogen (secondary N) is 1. The summed E-state index contributed by atoms with van der Waals surface area (Å²) in [6.45, 7) is 5.94. The monoisotopic (exact) mass is 368 g/mol. The highest BCUT2D eigenvalue weighted by Gasteiger charge is 2.10. The Labute approximate surface area is 156 Å². The quantitative estimate of drug-likeness (QED) is 0.661. The molecule has 1 aromatic carbocycles. The van der Waals surface area contributed by atoms with E-state index in [0.717, 1.165) is 33.8 Å². The fraction of sp³-hybridized carbons (Fsp3) is 0.263. The molecule has 0 aliphatic rings. The van der Waals surface area contributed by atoms with Crippen molar-refractivity contribution < 1.29 is 9.32 Å². The van der Waals surface area contributed by atoms with E-state index >= 15 is 0 Å². The largest absolute Gasteiger partial charge is 0.334 e. The Kier molecular flexibility index (Phi) is 5.68. The number of carbonyl (C=O) groups excluding carboxylic acids is 1. The highest BCUT2D eigenvalue weighted by molar-refractivity contribution is 7.99. The molecule has 0 bridgehead atoms. The van der Waals surface area contributed by atoms with Gasteiger partial charge < -0.3 is 9.84 Å². The van der Waals surface area contributed by atoms with Gasteiger partial charge in [0.2, 0.25) is 5.91 Å². The number of amides is 1. The van der Waals surface area contributed by atoms with Crippen molar-refractivity contribution in [2.45, 2.75) is 32.2 Å². The molecule has 7 heteroatoms. The third-order valence-electron chi connectivity index (χ3n) is 3.86. The van der Waals surface area contributed by atoms with Gasteiger partial charge in [-0.2, -0.15) is 4.98 Å². The smallest absolute Gasteiger partial charge is 0.259 e. The minimum Gasteiger partial charge on any atom is -0.334 e. The Morgan fingerprint density at radius 3 is 2.58 bits per heavy atom. The van der Waals surface area contributed by atoms with Crippen LogP contribution >= 0.6 is 11.8 Å². The lowest BCUT2D eigenvalue weighted by Gasteiger charge is -2.11. The first-order valence-corrected chi connectivity index (χ1v) is 9.33. The summed E-state index contributed by atoms with van der Waals surface area (Å²) in [5, 5.41) is 7.61. The number of hydrogen-bond donors (Lipinski definition) is 1. The van der Waals surface area contributed by atoms with Crippen LogP contribution in [0.2, 0.25) is 0 Å². The fourth-order valence-corrected chi connectivity index (χ4v) is 3.08. The zero-order valence-electron chi connectivity index (χ0n) is 14.9. The molecule has 3 aromatic rings. The summed E-state index contributed by atoms with van der Waals surface area (Å²) in [7, 11) is 0. The molecule has 0 spiro atoms. The second-order valence-electron chi connectivity index (χ2n) is 5.86. The zero-order chi connectivity index (χ0) is 18.5. The first kappa shape index (κ1) is 18.1. The van der Waals surface area contributed by atoms with E-state index in [1.165, 1.54) is 11.8 Å². The number of thioether (sulfide) groups is 1. The van der Waals surface area contributed by atoms with Crippen molar-refractivity contribution in [2.75, 3.05) is 11.1 Å². The SMILES string of the molecule is CCc1noc(-c2ccc(SCC(=O)Nc3c(C)cccc3C)nc2)n1. The van der Waals surface area contributed by atoms with E-state index in [-0.39, 0.29) is 5.91 Å². The summed E-state index contributed by atoms with van der Waals surface area (Å²) in [6, 6.07) is 9.66. The predicted molar refractivity (Wildman–Crippen MR) is 102 cm³/mol. The lowest BCUT2D eigenvalue weighted by Crippen LogP contribution is -2.15. The summed E-state index contributed by atoms with van der Waals surface area (Å²) >= 11 is 1.38. The van der Waals surface area contributed by atoms with Crippen molar-refractivity contribution in [3.8, 4) is 11.5 Å². The first-order valence-electron chi connectivity index (χ1n) is 8.34. The molecule has 0 saturated heterocycles. The Morgan fingerprint density at radius 1 is 1.19 bits per heavy atom. The standard InChI is InChI=1S/C19H20N4O2S/c1-4-15-21-19(25-23-15)14-8-9-17(20-10-14)26-11-16(24)22-18-12(2)6-5-7-13(18)3/h5-10H,4,11H2,1-3H3,(H,22,24). The summed E-state index contributed by atoms with van der Waals surface area (Å²) in [4.78, 5) is 20.9. The van der Waals surface area contributed by atoms with Crippen molar-refractivity contribution >= 4 is 23.4 Å². The molecule has 2 heterocycles. The zero-order valence-corrected chi connectivity index (χ0v) is 15.8. The molecule has 0 unspecified atom stereocenters. The molecule has 0 aliphatic heterocycles. The molecule has 0 radical (unpaired) electrons. The van der Waals surface area contributed by atoms with Gasteiger partial charge in [-0.05, 0) is 37.1 Å². The average molecular weight is 368 g/mol. The number of para-hydroxylation sites is 1. The molecule has 0 aliphatic carbocycles.